The Kier molecular flexibility index (Phi) is 7.13. The molecule has 0 aliphatic rings. The van der Waals surface area contributed by atoms with E-state index >= 15 is 0 Å². The number of halogens is 2. The molecule has 0 spiro atoms. The highest BCUT2D eigenvalue weighted by molar-refractivity contribution is 9.10. The van der Waals surface area contributed by atoms with Gasteiger partial charge in [0.15, 0.2) is 0 Å². The van der Waals surface area contributed by atoms with Crippen molar-refractivity contribution in [2.24, 2.45) is 17.6 Å². The molecule has 20 heavy (non-hydrogen) atoms. The molecular weight excluding hydrogens is 319 g/mol. The average molecular weight is 345 g/mol. The van der Waals surface area contributed by atoms with Gasteiger partial charge in [0.2, 0.25) is 0 Å². The minimum Gasteiger partial charge on any atom is -0.329 e. The van der Waals surface area contributed by atoms with Gasteiger partial charge in [-0.1, -0.05) is 49.7 Å². The molecule has 0 bridgehead atoms. The predicted molar refractivity (Wildman–Crippen MR) is 87.1 cm³/mol. The zero-order valence-corrected chi connectivity index (χ0v) is 14.5. The first-order chi connectivity index (χ1) is 9.35. The average Bonchev–Trinajstić information content (AvgIpc) is 2.31. The summed E-state index contributed by atoms with van der Waals surface area (Å²) in [6.45, 7) is 11.0. The van der Waals surface area contributed by atoms with Crippen molar-refractivity contribution in [2.45, 2.75) is 33.7 Å². The monoisotopic (exact) mass is 344 g/mol. The minimum atomic E-state index is -0.188. The van der Waals surface area contributed by atoms with E-state index in [1.807, 2.05) is 12.1 Å². The molecule has 114 valence electrons. The van der Waals surface area contributed by atoms with Gasteiger partial charge in [0, 0.05) is 35.7 Å². The molecule has 0 saturated carbocycles. The second kappa shape index (κ2) is 8.11. The van der Waals surface area contributed by atoms with Crippen LogP contribution < -0.4 is 5.73 Å². The molecule has 0 radical (unpaired) electrons. The van der Waals surface area contributed by atoms with Crippen molar-refractivity contribution in [3.63, 3.8) is 0 Å². The molecule has 0 saturated heterocycles. The molecule has 0 fully saturated rings. The van der Waals surface area contributed by atoms with Crippen LogP contribution in [-0.4, -0.2) is 24.5 Å². The summed E-state index contributed by atoms with van der Waals surface area (Å²) in [6.07, 6.45) is 0. The van der Waals surface area contributed by atoms with Crippen LogP contribution in [0.1, 0.15) is 39.3 Å². The molecule has 4 heteroatoms. The van der Waals surface area contributed by atoms with Gasteiger partial charge in [-0.05, 0) is 24.0 Å². The second-order valence-corrected chi connectivity index (χ2v) is 7.07. The first kappa shape index (κ1) is 17.6. The van der Waals surface area contributed by atoms with Crippen molar-refractivity contribution in [1.29, 1.82) is 0 Å². The topological polar surface area (TPSA) is 29.3 Å². The summed E-state index contributed by atoms with van der Waals surface area (Å²) in [6, 6.07) is 5.17. The van der Waals surface area contributed by atoms with Crippen LogP contribution in [-0.2, 0) is 0 Å². The minimum absolute atomic E-state index is 0.0621. The Morgan fingerprint density at radius 1 is 1.15 bits per heavy atom. The first-order valence-electron chi connectivity index (χ1n) is 7.24. The van der Waals surface area contributed by atoms with E-state index in [2.05, 4.69) is 48.5 Å². The standard InChI is InChI=1S/C16H26BrFN2/c1-11(2)9-20(10-12(3)4)16(8-19)14-6-5-13(17)7-15(14)18/h5-7,11-12,16H,8-10,19H2,1-4H3. The van der Waals surface area contributed by atoms with Crippen molar-refractivity contribution in [3.8, 4) is 0 Å². The van der Waals surface area contributed by atoms with Crippen molar-refractivity contribution in [3.05, 3.63) is 34.1 Å². The Balaban J connectivity index is 3.04. The zero-order chi connectivity index (χ0) is 15.3. The van der Waals surface area contributed by atoms with Gasteiger partial charge in [-0.15, -0.1) is 0 Å². The fourth-order valence-electron chi connectivity index (χ4n) is 2.51. The SMILES string of the molecule is CC(C)CN(CC(C)C)C(CN)c1ccc(Br)cc1F. The Hall–Kier alpha value is -0.450. The summed E-state index contributed by atoms with van der Waals surface area (Å²) in [5.41, 5.74) is 6.64. The fraction of sp³-hybridized carbons (Fsp3) is 0.625. The molecule has 1 rings (SSSR count). The van der Waals surface area contributed by atoms with E-state index in [1.165, 1.54) is 6.07 Å². The lowest BCUT2D eigenvalue weighted by molar-refractivity contribution is 0.157. The summed E-state index contributed by atoms with van der Waals surface area (Å²) >= 11 is 3.30. The van der Waals surface area contributed by atoms with E-state index in [-0.39, 0.29) is 11.9 Å². The second-order valence-electron chi connectivity index (χ2n) is 6.16. The quantitative estimate of drug-likeness (QED) is 0.802. The molecule has 0 aliphatic heterocycles. The van der Waals surface area contributed by atoms with Gasteiger partial charge in [-0.2, -0.15) is 0 Å². The molecule has 2 nitrogen and oxygen atoms in total. The molecule has 0 amide bonds. The third-order valence-corrected chi connectivity index (χ3v) is 3.68. The van der Waals surface area contributed by atoms with Gasteiger partial charge < -0.3 is 5.73 Å². The van der Waals surface area contributed by atoms with Crippen LogP contribution in [0.2, 0.25) is 0 Å². The van der Waals surface area contributed by atoms with Gasteiger partial charge in [0.25, 0.3) is 0 Å². The highest BCUT2D eigenvalue weighted by atomic mass is 79.9. The molecule has 1 unspecified atom stereocenters. The first-order valence-corrected chi connectivity index (χ1v) is 8.03. The molecule has 1 atom stereocenters. The fourth-order valence-corrected chi connectivity index (χ4v) is 2.84. The summed E-state index contributed by atoms with van der Waals surface area (Å²) in [5, 5.41) is 0. The van der Waals surface area contributed by atoms with Crippen LogP contribution >= 0.6 is 15.9 Å². The van der Waals surface area contributed by atoms with Crippen molar-refractivity contribution < 1.29 is 4.39 Å². The molecule has 0 aliphatic carbocycles. The number of hydrogen-bond donors (Lipinski definition) is 1. The Labute approximate surface area is 130 Å². The maximum Gasteiger partial charge on any atom is 0.129 e. The van der Waals surface area contributed by atoms with Crippen LogP contribution in [0.15, 0.2) is 22.7 Å². The van der Waals surface area contributed by atoms with E-state index in [0.29, 0.717) is 23.9 Å². The van der Waals surface area contributed by atoms with E-state index in [1.54, 1.807) is 0 Å². The van der Waals surface area contributed by atoms with Crippen molar-refractivity contribution in [1.82, 2.24) is 4.90 Å². The smallest absolute Gasteiger partial charge is 0.129 e. The summed E-state index contributed by atoms with van der Waals surface area (Å²) < 4.78 is 15.0. The largest absolute Gasteiger partial charge is 0.329 e. The number of hydrogen-bond acceptors (Lipinski definition) is 2. The number of rotatable bonds is 7. The van der Waals surface area contributed by atoms with Crippen LogP contribution in [0.25, 0.3) is 0 Å². The van der Waals surface area contributed by atoms with E-state index in [9.17, 15) is 4.39 Å². The van der Waals surface area contributed by atoms with Gasteiger partial charge in [0.05, 0.1) is 0 Å². The number of benzene rings is 1. The predicted octanol–water partition coefficient (Wildman–Crippen LogP) is 4.20. The lowest BCUT2D eigenvalue weighted by Gasteiger charge is -2.34. The van der Waals surface area contributed by atoms with Crippen LogP contribution in [0.4, 0.5) is 4.39 Å². The third-order valence-electron chi connectivity index (χ3n) is 3.18. The van der Waals surface area contributed by atoms with E-state index in [0.717, 1.165) is 17.6 Å². The normalized spacial score (nSPS) is 13.5. The lowest BCUT2D eigenvalue weighted by atomic mass is 10.0. The summed E-state index contributed by atoms with van der Waals surface area (Å²) in [4.78, 5) is 2.31. The zero-order valence-electron chi connectivity index (χ0n) is 12.9. The maximum absolute atomic E-state index is 14.2. The van der Waals surface area contributed by atoms with Gasteiger partial charge in [-0.25, -0.2) is 4.39 Å². The Morgan fingerprint density at radius 3 is 2.10 bits per heavy atom. The van der Waals surface area contributed by atoms with Crippen LogP contribution in [0.5, 0.6) is 0 Å². The van der Waals surface area contributed by atoms with Crippen LogP contribution in [0, 0.1) is 17.7 Å². The van der Waals surface area contributed by atoms with Crippen LogP contribution in [0.3, 0.4) is 0 Å². The van der Waals surface area contributed by atoms with E-state index in [4.69, 9.17) is 5.73 Å². The summed E-state index contributed by atoms with van der Waals surface area (Å²) in [7, 11) is 0. The highest BCUT2D eigenvalue weighted by Gasteiger charge is 2.23. The molecule has 1 aromatic rings. The Morgan fingerprint density at radius 2 is 1.70 bits per heavy atom. The van der Waals surface area contributed by atoms with Gasteiger partial charge in [0.1, 0.15) is 5.82 Å². The number of nitrogens with two attached hydrogens (primary N) is 1. The maximum atomic E-state index is 14.2. The van der Waals surface area contributed by atoms with Crippen molar-refractivity contribution in [2.75, 3.05) is 19.6 Å². The molecule has 2 N–H and O–H groups in total. The third kappa shape index (κ3) is 5.15. The van der Waals surface area contributed by atoms with Crippen molar-refractivity contribution >= 4 is 15.9 Å². The lowest BCUT2D eigenvalue weighted by Crippen LogP contribution is -2.39. The Bertz CT molecular complexity index is 411. The molecule has 1 aromatic carbocycles. The van der Waals surface area contributed by atoms with Gasteiger partial charge >= 0.3 is 0 Å². The van der Waals surface area contributed by atoms with Gasteiger partial charge in [-0.3, -0.25) is 4.90 Å². The molecule has 0 heterocycles. The molecule has 0 aromatic heterocycles. The highest BCUT2D eigenvalue weighted by Crippen LogP contribution is 2.26. The molecular formula is C16H26BrFN2. The summed E-state index contributed by atoms with van der Waals surface area (Å²) in [5.74, 6) is 0.870. The number of nitrogens with zero attached hydrogens (tertiary/aromatic N) is 1. The van der Waals surface area contributed by atoms with E-state index < -0.39 is 0 Å².